The van der Waals surface area contributed by atoms with Gasteiger partial charge in [-0.1, -0.05) is 108 Å². The third-order valence-electron chi connectivity index (χ3n) is 11.8. The molecule has 6 heteroatoms. The predicted octanol–water partition coefficient (Wildman–Crippen LogP) is 16.3. The number of benzene rings is 8. The zero-order valence-electron chi connectivity index (χ0n) is 43.4. The monoisotopic (exact) mass is 1130 g/mol. The minimum Gasteiger partial charge on any atom is 0 e. The second-order valence-electron chi connectivity index (χ2n) is 18.9. The SMILES string of the molecule is [2H]C([2H])([2H])c1ccc(-c2ccc3sc4c[c-]c(-c5nc6cc7ccccc7cc6n5-c5ccc(-c6ccccc6)cc5)cc4c3c2)cc1.[2H]C([2H])(c1cc(-c2[c-]cccc2)nc[c]1[Ge]([CH3])([CH3])[CH3])C(C)(C)C.[Ir]. The van der Waals surface area contributed by atoms with Crippen molar-refractivity contribution in [3.8, 4) is 50.6 Å². The van der Waals surface area contributed by atoms with Gasteiger partial charge in [-0.05, 0) is 86.4 Å². The van der Waals surface area contributed by atoms with Gasteiger partial charge in [0.1, 0.15) is 0 Å². The standard InChI is InChI=1S/C42H27N2S.C19H26GeN.Ir/c1-27-11-13-30(14-12-27)33-17-21-40-36(23-33)37-24-34(18-22-41(37)45-40)42-43-38-25-31-9-5-6-10-32(31)26-39(38)44(42)35-19-15-29(16-20-35)28-7-3-2-4-8-28;1-19(2,3)13-16-12-18(15-10-8-7-9-11-15)21-14-17(16)20(4,5)6;/h2-17,19-26H,1H3;7-10,12,14H,13H2,1-6H3;/q2*-1;/i1D3;13D2;. The van der Waals surface area contributed by atoms with Crippen molar-refractivity contribution in [3.63, 3.8) is 0 Å². The average molecular weight is 1130 g/mol. The van der Waals surface area contributed by atoms with E-state index in [0.717, 1.165) is 86.9 Å². The minimum absolute atomic E-state index is 0. The fourth-order valence-corrected chi connectivity index (χ4v) is 12.6. The van der Waals surface area contributed by atoms with Crippen LogP contribution in [-0.2, 0) is 26.5 Å². The third kappa shape index (κ3) is 9.89. The summed E-state index contributed by atoms with van der Waals surface area (Å²) in [6.45, 7) is 3.76. The maximum absolute atomic E-state index is 8.76. The first-order valence-electron chi connectivity index (χ1n) is 24.9. The molecule has 0 aliphatic carbocycles. The van der Waals surface area contributed by atoms with Crippen LogP contribution in [0.25, 0.3) is 92.6 Å². The van der Waals surface area contributed by atoms with Crippen molar-refractivity contribution in [1.82, 2.24) is 14.5 Å². The van der Waals surface area contributed by atoms with Gasteiger partial charge in [-0.2, -0.15) is 11.3 Å². The molecule has 0 saturated heterocycles. The van der Waals surface area contributed by atoms with Gasteiger partial charge < -0.3 is 4.57 Å². The Morgan fingerprint density at radius 1 is 0.657 bits per heavy atom. The van der Waals surface area contributed by atoms with Gasteiger partial charge in [-0.3, -0.25) is 4.98 Å². The first-order chi connectivity index (χ1) is 33.8. The average Bonchev–Trinajstić information content (AvgIpc) is 3.93. The van der Waals surface area contributed by atoms with Gasteiger partial charge in [-0.25, -0.2) is 0 Å². The smallest absolute Gasteiger partial charge is 0 e. The van der Waals surface area contributed by atoms with Gasteiger partial charge in [0.15, 0.2) is 0 Å². The zero-order chi connectivity index (χ0) is 49.9. The Morgan fingerprint density at radius 3 is 2.01 bits per heavy atom. The predicted molar refractivity (Wildman–Crippen MR) is 286 cm³/mol. The second-order valence-corrected chi connectivity index (χ2v) is 30.6. The molecular formula is C61H53GeIrN3S-2. The van der Waals surface area contributed by atoms with E-state index in [1.165, 1.54) is 15.6 Å². The van der Waals surface area contributed by atoms with Gasteiger partial charge in [0.05, 0.1) is 16.9 Å². The van der Waals surface area contributed by atoms with Crippen LogP contribution in [0.2, 0.25) is 17.3 Å². The Kier molecular flexibility index (Phi) is 11.4. The molecule has 3 heterocycles. The van der Waals surface area contributed by atoms with Crippen LogP contribution >= 0.6 is 11.3 Å². The maximum Gasteiger partial charge on any atom is 0 e. The molecule has 67 heavy (non-hydrogen) atoms. The summed E-state index contributed by atoms with van der Waals surface area (Å²) in [4.78, 5) is 9.86. The van der Waals surface area contributed by atoms with E-state index >= 15 is 0 Å². The molecule has 0 atom stereocenters. The van der Waals surface area contributed by atoms with Crippen molar-refractivity contribution in [3.05, 3.63) is 205 Å². The Hall–Kier alpha value is -5.95. The van der Waals surface area contributed by atoms with Crippen molar-refractivity contribution in [1.29, 1.82) is 0 Å². The van der Waals surface area contributed by atoms with Crippen LogP contribution in [0.3, 0.4) is 0 Å². The first-order valence-corrected chi connectivity index (χ1v) is 30.5. The molecule has 0 aliphatic rings. The van der Waals surface area contributed by atoms with Crippen LogP contribution in [-0.4, -0.2) is 27.8 Å². The molecule has 3 aromatic heterocycles. The Bertz CT molecular complexity index is 3730. The number of hydrogen-bond acceptors (Lipinski definition) is 3. The summed E-state index contributed by atoms with van der Waals surface area (Å²) in [6, 6.07) is 66.3. The number of hydrogen-bond donors (Lipinski definition) is 0. The van der Waals surface area contributed by atoms with Crippen molar-refractivity contribution in [2.45, 2.75) is 51.3 Å². The fraction of sp³-hybridized carbons (Fsp3) is 0.148. The van der Waals surface area contributed by atoms with E-state index in [9.17, 15) is 0 Å². The topological polar surface area (TPSA) is 30.7 Å². The van der Waals surface area contributed by atoms with Gasteiger partial charge in [0, 0.05) is 34.6 Å². The molecule has 0 fully saturated rings. The fourth-order valence-electron chi connectivity index (χ4n) is 8.59. The van der Waals surface area contributed by atoms with Crippen molar-refractivity contribution in [2.24, 2.45) is 5.41 Å². The maximum atomic E-state index is 8.76. The van der Waals surface area contributed by atoms with Gasteiger partial charge in [0.25, 0.3) is 0 Å². The Balaban J connectivity index is 0.000000226. The number of nitrogens with zero attached hydrogens (tertiary/aromatic N) is 3. The summed E-state index contributed by atoms with van der Waals surface area (Å²) in [5, 5.41) is 4.63. The summed E-state index contributed by atoms with van der Waals surface area (Å²) >= 11 is -0.492. The number of aromatic nitrogens is 3. The number of thiophene rings is 1. The molecule has 0 spiro atoms. The summed E-state index contributed by atoms with van der Waals surface area (Å²) in [7, 11) is 0. The van der Waals surface area contributed by atoms with Crippen LogP contribution in [0.15, 0.2) is 182 Å². The summed E-state index contributed by atoms with van der Waals surface area (Å²) in [5.74, 6) is 7.69. The van der Waals surface area contributed by atoms with E-state index in [4.69, 9.17) is 11.8 Å². The Morgan fingerprint density at radius 2 is 1.31 bits per heavy atom. The van der Waals surface area contributed by atoms with Crippen LogP contribution in [0, 0.1) is 24.4 Å². The molecule has 0 N–H and O–H groups in total. The molecule has 1 radical (unpaired) electrons. The summed E-state index contributed by atoms with van der Waals surface area (Å²) in [5.41, 5.74) is 10.7. The normalized spacial score (nSPS) is 13.3. The van der Waals surface area contributed by atoms with Crippen LogP contribution in [0.5, 0.6) is 0 Å². The molecule has 0 bridgehead atoms. The van der Waals surface area contributed by atoms with Gasteiger partial charge >= 0.3 is 135 Å². The van der Waals surface area contributed by atoms with Crippen molar-refractivity contribution < 1.29 is 27.0 Å². The first kappa shape index (κ1) is 40.1. The number of imidazole rings is 1. The largest absolute Gasteiger partial charge is 0 e. The van der Waals surface area contributed by atoms with Gasteiger partial charge in [0.2, 0.25) is 0 Å². The summed E-state index contributed by atoms with van der Waals surface area (Å²) < 4.78 is 46.4. The van der Waals surface area contributed by atoms with Crippen LogP contribution < -0.4 is 4.40 Å². The number of rotatable bonds is 7. The molecule has 11 aromatic rings. The number of pyridine rings is 1. The molecule has 3 nitrogen and oxygen atoms in total. The molecule has 0 amide bonds. The number of aryl methyl sites for hydroxylation is 1. The van der Waals surface area contributed by atoms with E-state index in [-0.39, 0.29) is 20.1 Å². The van der Waals surface area contributed by atoms with Crippen molar-refractivity contribution in [2.75, 3.05) is 0 Å². The molecule has 8 aromatic carbocycles. The van der Waals surface area contributed by atoms with Crippen LogP contribution in [0.1, 0.15) is 38.8 Å². The molecule has 0 unspecified atom stereocenters. The molecular weight excluding hydrogens is 1070 g/mol. The van der Waals surface area contributed by atoms with E-state index < -0.39 is 31.9 Å². The zero-order valence-corrected chi connectivity index (χ0v) is 43.7. The molecule has 11 rings (SSSR count). The third-order valence-corrected chi connectivity index (χ3v) is 17.2. The number of fused-ring (bicyclic) bond motifs is 5. The Labute approximate surface area is 422 Å². The molecule has 333 valence electrons. The minimum atomic E-state index is -2.24. The second kappa shape index (κ2) is 19.0. The summed E-state index contributed by atoms with van der Waals surface area (Å²) in [6.07, 6.45) is 0.502. The van der Waals surface area contributed by atoms with E-state index in [2.05, 4.69) is 154 Å². The van der Waals surface area contributed by atoms with E-state index in [0.29, 0.717) is 5.56 Å². The van der Waals surface area contributed by atoms with Crippen molar-refractivity contribution >= 4 is 71.0 Å². The molecule has 0 aliphatic heterocycles. The van der Waals surface area contributed by atoms with Gasteiger partial charge in [-0.15, -0.1) is 23.8 Å². The quantitative estimate of drug-likeness (QED) is 0.118. The van der Waals surface area contributed by atoms with E-state index in [1.807, 2.05) is 75.5 Å². The van der Waals surface area contributed by atoms with E-state index in [1.54, 1.807) is 23.5 Å². The molecule has 0 saturated carbocycles. The van der Waals surface area contributed by atoms with Crippen LogP contribution in [0.4, 0.5) is 0 Å².